The van der Waals surface area contributed by atoms with Crippen LogP contribution in [0.4, 0.5) is 0 Å². The molecule has 1 aromatic heterocycles. The number of nitrogens with zero attached hydrogens (tertiary/aromatic N) is 3. The summed E-state index contributed by atoms with van der Waals surface area (Å²) >= 11 is 0. The maximum absolute atomic E-state index is 4.08. The summed E-state index contributed by atoms with van der Waals surface area (Å²) in [6, 6.07) is 10.4. The van der Waals surface area contributed by atoms with Crippen LogP contribution in [-0.2, 0) is 19.5 Å². The molecule has 0 aliphatic rings. The molecule has 0 bridgehead atoms. The van der Waals surface area contributed by atoms with Crippen molar-refractivity contribution < 1.29 is 0 Å². The van der Waals surface area contributed by atoms with Crippen LogP contribution in [0.1, 0.15) is 11.3 Å². The minimum absolute atomic E-state index is 0.769. The van der Waals surface area contributed by atoms with Crippen LogP contribution in [-0.4, -0.2) is 22.0 Å². The molecule has 16 heavy (non-hydrogen) atoms. The number of benzene rings is 1. The summed E-state index contributed by atoms with van der Waals surface area (Å²) in [5.41, 5.74) is 2.31. The van der Waals surface area contributed by atoms with E-state index in [4.69, 9.17) is 0 Å². The molecule has 0 saturated carbocycles. The van der Waals surface area contributed by atoms with Gasteiger partial charge in [-0.2, -0.15) is 0 Å². The van der Waals surface area contributed by atoms with E-state index in [1.165, 1.54) is 5.56 Å². The van der Waals surface area contributed by atoms with Crippen LogP contribution in [0.15, 0.2) is 36.5 Å². The molecule has 0 amide bonds. The van der Waals surface area contributed by atoms with Crippen LogP contribution < -0.4 is 5.32 Å². The topological polar surface area (TPSA) is 42.7 Å². The van der Waals surface area contributed by atoms with Crippen molar-refractivity contribution in [3.05, 3.63) is 47.8 Å². The van der Waals surface area contributed by atoms with Crippen LogP contribution in [0.3, 0.4) is 0 Å². The predicted octanol–water partition coefficient (Wildman–Crippen LogP) is 1.24. The first-order valence-electron chi connectivity index (χ1n) is 5.46. The molecule has 1 heterocycles. The van der Waals surface area contributed by atoms with Crippen LogP contribution in [0.2, 0.25) is 0 Å². The van der Waals surface area contributed by atoms with Gasteiger partial charge in [0.2, 0.25) is 0 Å². The Morgan fingerprint density at radius 2 is 2.06 bits per heavy atom. The normalized spacial score (nSPS) is 10.6. The van der Waals surface area contributed by atoms with Crippen molar-refractivity contribution in [2.24, 2.45) is 0 Å². The van der Waals surface area contributed by atoms with Gasteiger partial charge in [0.15, 0.2) is 0 Å². The maximum atomic E-state index is 4.08. The monoisotopic (exact) mass is 216 g/mol. The molecule has 4 nitrogen and oxygen atoms in total. The highest BCUT2D eigenvalue weighted by Crippen LogP contribution is 2.01. The molecule has 0 saturated heterocycles. The Kier molecular flexibility index (Phi) is 3.66. The molecule has 0 fully saturated rings. The maximum Gasteiger partial charge on any atom is 0.0964 e. The van der Waals surface area contributed by atoms with E-state index in [-0.39, 0.29) is 0 Å². The highest BCUT2D eigenvalue weighted by Gasteiger charge is 1.99. The van der Waals surface area contributed by atoms with Gasteiger partial charge in [-0.3, -0.25) is 4.68 Å². The van der Waals surface area contributed by atoms with Gasteiger partial charge >= 0.3 is 0 Å². The van der Waals surface area contributed by atoms with Crippen molar-refractivity contribution in [1.82, 2.24) is 20.3 Å². The lowest BCUT2D eigenvalue weighted by molar-refractivity contribution is 0.589. The molecule has 1 N–H and O–H groups in total. The highest BCUT2D eigenvalue weighted by atomic mass is 15.4. The van der Waals surface area contributed by atoms with E-state index >= 15 is 0 Å². The lowest BCUT2D eigenvalue weighted by Crippen LogP contribution is -2.05. The van der Waals surface area contributed by atoms with E-state index in [0.717, 1.165) is 25.2 Å². The van der Waals surface area contributed by atoms with E-state index in [2.05, 4.69) is 39.9 Å². The molecule has 84 valence electrons. The number of rotatable bonds is 5. The number of aromatic nitrogens is 3. The zero-order chi connectivity index (χ0) is 11.2. The lowest BCUT2D eigenvalue weighted by atomic mass is 10.1. The molecular weight excluding hydrogens is 200 g/mol. The Morgan fingerprint density at radius 3 is 2.81 bits per heavy atom. The number of nitrogens with one attached hydrogen (secondary N) is 1. The van der Waals surface area contributed by atoms with Gasteiger partial charge in [0.05, 0.1) is 5.69 Å². The summed E-state index contributed by atoms with van der Waals surface area (Å²) in [7, 11) is 1.91. The minimum Gasteiger partial charge on any atom is -0.314 e. The van der Waals surface area contributed by atoms with Gasteiger partial charge in [-0.15, -0.1) is 5.10 Å². The molecule has 4 heteroatoms. The van der Waals surface area contributed by atoms with Crippen LogP contribution in [0.5, 0.6) is 0 Å². The molecule has 2 rings (SSSR count). The third-order valence-corrected chi connectivity index (χ3v) is 2.42. The summed E-state index contributed by atoms with van der Waals surface area (Å²) < 4.78 is 1.89. The second kappa shape index (κ2) is 5.42. The van der Waals surface area contributed by atoms with Crippen molar-refractivity contribution in [1.29, 1.82) is 0 Å². The van der Waals surface area contributed by atoms with Crippen molar-refractivity contribution in [3.63, 3.8) is 0 Å². The Hall–Kier alpha value is -1.68. The molecule has 1 aromatic carbocycles. The standard InChI is InChI=1S/C12H16N4/c1-13-9-12-10-16(15-14-12)8-7-11-5-3-2-4-6-11/h2-6,10,13H,7-9H2,1H3. The van der Waals surface area contributed by atoms with Crippen LogP contribution in [0, 0.1) is 0 Å². The Morgan fingerprint density at radius 1 is 1.25 bits per heavy atom. The molecule has 0 aliphatic carbocycles. The summed E-state index contributed by atoms with van der Waals surface area (Å²) in [4.78, 5) is 0. The molecule has 0 aliphatic heterocycles. The summed E-state index contributed by atoms with van der Waals surface area (Å²) in [5, 5.41) is 11.2. The second-order valence-electron chi connectivity index (χ2n) is 3.74. The molecule has 0 spiro atoms. The molecular formula is C12H16N4. The van der Waals surface area contributed by atoms with Gasteiger partial charge in [-0.25, -0.2) is 0 Å². The van der Waals surface area contributed by atoms with Crippen molar-refractivity contribution in [2.45, 2.75) is 19.5 Å². The van der Waals surface area contributed by atoms with Crippen LogP contribution in [0.25, 0.3) is 0 Å². The van der Waals surface area contributed by atoms with Crippen molar-refractivity contribution in [3.8, 4) is 0 Å². The SMILES string of the molecule is CNCc1cn(CCc2ccccc2)nn1. The highest BCUT2D eigenvalue weighted by molar-refractivity contribution is 5.14. The second-order valence-corrected chi connectivity index (χ2v) is 3.74. The fourth-order valence-electron chi connectivity index (χ4n) is 1.60. The molecule has 0 radical (unpaired) electrons. The number of hydrogen-bond donors (Lipinski definition) is 1. The van der Waals surface area contributed by atoms with E-state index in [1.807, 2.05) is 24.0 Å². The van der Waals surface area contributed by atoms with Crippen molar-refractivity contribution in [2.75, 3.05) is 7.05 Å². The van der Waals surface area contributed by atoms with E-state index < -0.39 is 0 Å². The van der Waals surface area contributed by atoms with Gasteiger partial charge in [-0.1, -0.05) is 35.5 Å². The molecule has 0 atom stereocenters. The zero-order valence-electron chi connectivity index (χ0n) is 9.43. The number of hydrogen-bond acceptors (Lipinski definition) is 3. The fraction of sp³-hybridized carbons (Fsp3) is 0.333. The first-order chi connectivity index (χ1) is 7.88. The third-order valence-electron chi connectivity index (χ3n) is 2.42. The largest absolute Gasteiger partial charge is 0.314 e. The summed E-state index contributed by atoms with van der Waals surface area (Å²) in [5.74, 6) is 0. The van der Waals surface area contributed by atoms with Crippen LogP contribution >= 0.6 is 0 Å². The third kappa shape index (κ3) is 2.90. The lowest BCUT2D eigenvalue weighted by Gasteiger charge is -2.00. The van der Waals surface area contributed by atoms with Gasteiger partial charge in [0, 0.05) is 19.3 Å². The predicted molar refractivity (Wildman–Crippen MR) is 62.9 cm³/mol. The minimum atomic E-state index is 0.769. The van der Waals surface area contributed by atoms with Gasteiger partial charge in [0.25, 0.3) is 0 Å². The average Bonchev–Trinajstić information content (AvgIpc) is 2.76. The average molecular weight is 216 g/mol. The Labute approximate surface area is 95.3 Å². The Bertz CT molecular complexity index is 422. The molecule has 2 aromatic rings. The first-order valence-corrected chi connectivity index (χ1v) is 5.46. The van der Waals surface area contributed by atoms with E-state index in [0.29, 0.717) is 0 Å². The van der Waals surface area contributed by atoms with Gasteiger partial charge < -0.3 is 5.32 Å². The Balaban J connectivity index is 1.89. The fourth-order valence-corrected chi connectivity index (χ4v) is 1.60. The van der Waals surface area contributed by atoms with Gasteiger partial charge in [0.1, 0.15) is 0 Å². The van der Waals surface area contributed by atoms with E-state index in [9.17, 15) is 0 Å². The number of aryl methyl sites for hydroxylation is 2. The first kappa shape index (κ1) is 10.8. The molecule has 0 unspecified atom stereocenters. The van der Waals surface area contributed by atoms with Crippen molar-refractivity contribution >= 4 is 0 Å². The summed E-state index contributed by atoms with van der Waals surface area (Å²) in [6.45, 7) is 1.64. The quantitative estimate of drug-likeness (QED) is 0.817. The zero-order valence-corrected chi connectivity index (χ0v) is 9.43. The smallest absolute Gasteiger partial charge is 0.0964 e. The van der Waals surface area contributed by atoms with E-state index in [1.54, 1.807) is 0 Å². The summed E-state index contributed by atoms with van der Waals surface area (Å²) in [6.07, 6.45) is 2.97. The van der Waals surface area contributed by atoms with Gasteiger partial charge in [-0.05, 0) is 19.0 Å².